The lowest BCUT2D eigenvalue weighted by Gasteiger charge is -2.39. The van der Waals surface area contributed by atoms with Crippen LogP contribution in [0.25, 0.3) is 0 Å². The zero-order valence-electron chi connectivity index (χ0n) is 19.1. The predicted octanol–water partition coefficient (Wildman–Crippen LogP) is 3.90. The first-order valence-electron chi connectivity index (χ1n) is 10.6. The monoisotopic (exact) mass is 544 g/mol. The Morgan fingerprint density at radius 1 is 1.37 bits per heavy atom. The highest BCUT2D eigenvalue weighted by atomic mass is 127. The standard InChI is InChI=1S/C22H36N6S.HI/c1-15(13-19-16(2)26-28(6)17(19)3)25-22(23-4)24-14-18-9-7-11-27(5)21(18)20-10-8-12-29-20;/h8,10,12,15,18,21H,7,9,11,13-14H2,1-6H3,(H2,23,24,25);1H. The Hall–Kier alpha value is -1.13. The summed E-state index contributed by atoms with van der Waals surface area (Å²) in [7, 11) is 6.12. The van der Waals surface area contributed by atoms with Crippen LogP contribution in [-0.2, 0) is 13.5 Å². The number of nitrogens with one attached hydrogen (secondary N) is 2. The van der Waals surface area contributed by atoms with E-state index < -0.39 is 0 Å². The first-order valence-corrected chi connectivity index (χ1v) is 11.5. The van der Waals surface area contributed by atoms with Crippen molar-refractivity contribution in [1.82, 2.24) is 25.3 Å². The van der Waals surface area contributed by atoms with Crippen LogP contribution < -0.4 is 10.6 Å². The second-order valence-electron chi connectivity index (χ2n) is 8.32. The normalized spacial score (nSPS) is 21.2. The van der Waals surface area contributed by atoms with Gasteiger partial charge in [-0.05, 0) is 76.6 Å². The quantitative estimate of drug-likeness (QED) is 0.329. The average molecular weight is 545 g/mol. The third-order valence-electron chi connectivity index (χ3n) is 6.15. The molecule has 0 aliphatic carbocycles. The van der Waals surface area contributed by atoms with E-state index in [0.717, 1.165) is 24.6 Å². The van der Waals surface area contributed by atoms with Crippen LogP contribution in [0.1, 0.15) is 47.6 Å². The fraction of sp³-hybridized carbons (Fsp3) is 0.636. The number of rotatable bonds is 6. The maximum absolute atomic E-state index is 4.54. The Bertz CT molecular complexity index is 816. The molecule has 6 nitrogen and oxygen atoms in total. The minimum atomic E-state index is 0. The van der Waals surface area contributed by atoms with Gasteiger partial charge in [-0.1, -0.05) is 6.07 Å². The molecule has 1 aliphatic rings. The first-order chi connectivity index (χ1) is 13.9. The molecule has 0 bridgehead atoms. The summed E-state index contributed by atoms with van der Waals surface area (Å²) in [4.78, 5) is 8.45. The van der Waals surface area contributed by atoms with Crippen LogP contribution in [0.5, 0.6) is 0 Å². The van der Waals surface area contributed by atoms with Crippen LogP contribution in [0.4, 0.5) is 0 Å². The summed E-state index contributed by atoms with van der Waals surface area (Å²) in [5, 5.41) is 13.9. The van der Waals surface area contributed by atoms with Crippen LogP contribution in [0, 0.1) is 19.8 Å². The number of guanidine groups is 1. The van der Waals surface area contributed by atoms with Gasteiger partial charge in [0.25, 0.3) is 0 Å². The van der Waals surface area contributed by atoms with Gasteiger partial charge in [0, 0.05) is 43.3 Å². The molecular weight excluding hydrogens is 507 g/mol. The number of aromatic nitrogens is 2. The van der Waals surface area contributed by atoms with Gasteiger partial charge in [0.15, 0.2) is 5.96 Å². The van der Waals surface area contributed by atoms with E-state index in [2.05, 4.69) is 71.0 Å². The highest BCUT2D eigenvalue weighted by molar-refractivity contribution is 14.0. The summed E-state index contributed by atoms with van der Waals surface area (Å²) in [5.74, 6) is 1.47. The van der Waals surface area contributed by atoms with E-state index in [4.69, 9.17) is 0 Å². The van der Waals surface area contributed by atoms with Crippen molar-refractivity contribution >= 4 is 41.3 Å². The van der Waals surface area contributed by atoms with E-state index in [-0.39, 0.29) is 30.0 Å². The number of piperidine rings is 1. The summed E-state index contributed by atoms with van der Waals surface area (Å²) in [6.45, 7) is 8.55. The van der Waals surface area contributed by atoms with Crippen LogP contribution >= 0.6 is 35.3 Å². The maximum Gasteiger partial charge on any atom is 0.191 e. The number of halogens is 1. The molecule has 8 heteroatoms. The Morgan fingerprint density at radius 3 is 2.73 bits per heavy atom. The fourth-order valence-corrected chi connectivity index (χ4v) is 5.49. The van der Waals surface area contributed by atoms with Gasteiger partial charge >= 0.3 is 0 Å². The molecule has 2 N–H and O–H groups in total. The highest BCUT2D eigenvalue weighted by Crippen LogP contribution is 2.36. The Morgan fingerprint density at radius 2 is 2.13 bits per heavy atom. The number of thiophene rings is 1. The SMILES string of the molecule is CN=C(NCC1CCCN(C)C1c1cccs1)NC(C)Cc1c(C)nn(C)c1C.I. The number of hydrogen-bond donors (Lipinski definition) is 2. The summed E-state index contributed by atoms with van der Waals surface area (Å²) in [6.07, 6.45) is 3.45. The van der Waals surface area contributed by atoms with Crippen LogP contribution in [0.3, 0.4) is 0 Å². The zero-order valence-corrected chi connectivity index (χ0v) is 22.3. The van der Waals surface area contributed by atoms with Crippen molar-refractivity contribution in [2.75, 3.05) is 27.2 Å². The van der Waals surface area contributed by atoms with Crippen molar-refractivity contribution in [2.45, 2.75) is 52.1 Å². The Kier molecular flexibility index (Phi) is 9.62. The molecule has 2 aromatic rings. The van der Waals surface area contributed by atoms with Crippen LogP contribution in [0.2, 0.25) is 0 Å². The number of likely N-dealkylation sites (tertiary alicyclic amines) is 1. The van der Waals surface area contributed by atoms with E-state index in [1.807, 2.05) is 30.1 Å². The largest absolute Gasteiger partial charge is 0.356 e. The van der Waals surface area contributed by atoms with Gasteiger partial charge in [-0.2, -0.15) is 5.10 Å². The second-order valence-corrected chi connectivity index (χ2v) is 9.30. The van der Waals surface area contributed by atoms with Gasteiger partial charge < -0.3 is 10.6 Å². The van der Waals surface area contributed by atoms with E-state index in [9.17, 15) is 0 Å². The lowest BCUT2D eigenvalue weighted by atomic mass is 9.88. The molecule has 0 spiro atoms. The number of aliphatic imine (C=N–C) groups is 1. The van der Waals surface area contributed by atoms with Crippen molar-refractivity contribution in [3.8, 4) is 0 Å². The second kappa shape index (κ2) is 11.5. The number of nitrogens with zero attached hydrogens (tertiary/aromatic N) is 4. The van der Waals surface area contributed by atoms with Crippen LogP contribution in [0.15, 0.2) is 22.5 Å². The lowest BCUT2D eigenvalue weighted by molar-refractivity contribution is 0.125. The van der Waals surface area contributed by atoms with Crippen molar-refractivity contribution in [3.05, 3.63) is 39.3 Å². The van der Waals surface area contributed by atoms with Crippen LogP contribution in [-0.4, -0.2) is 53.9 Å². The number of hydrogen-bond acceptors (Lipinski definition) is 4. The summed E-state index contributed by atoms with van der Waals surface area (Å²) >= 11 is 1.87. The molecule has 0 aromatic carbocycles. The first kappa shape index (κ1) is 25.1. The molecule has 1 saturated heterocycles. The molecule has 3 atom stereocenters. The minimum Gasteiger partial charge on any atom is -0.356 e. The topological polar surface area (TPSA) is 57.5 Å². The average Bonchev–Trinajstić information content (AvgIpc) is 3.29. The van der Waals surface area contributed by atoms with Gasteiger partial charge in [-0.3, -0.25) is 14.6 Å². The zero-order chi connectivity index (χ0) is 21.0. The van der Waals surface area contributed by atoms with Crippen molar-refractivity contribution < 1.29 is 0 Å². The molecule has 168 valence electrons. The molecule has 3 heterocycles. The van der Waals surface area contributed by atoms with Gasteiger partial charge in [-0.15, -0.1) is 35.3 Å². The van der Waals surface area contributed by atoms with Gasteiger partial charge in [-0.25, -0.2) is 0 Å². The van der Waals surface area contributed by atoms with Crippen molar-refractivity contribution in [1.29, 1.82) is 0 Å². The Balaban J connectivity index is 0.00000320. The highest BCUT2D eigenvalue weighted by Gasteiger charge is 2.31. The molecule has 1 fully saturated rings. The molecule has 3 rings (SSSR count). The van der Waals surface area contributed by atoms with Gasteiger partial charge in [0.2, 0.25) is 0 Å². The molecule has 2 aromatic heterocycles. The van der Waals surface area contributed by atoms with E-state index in [1.54, 1.807) is 0 Å². The molecular formula is C22H37IN6S. The third kappa shape index (κ3) is 5.97. The molecule has 3 unspecified atom stereocenters. The number of aryl methyl sites for hydroxylation is 2. The van der Waals surface area contributed by atoms with Crippen molar-refractivity contribution in [2.24, 2.45) is 18.0 Å². The third-order valence-corrected chi connectivity index (χ3v) is 7.09. The van der Waals surface area contributed by atoms with Crippen molar-refractivity contribution in [3.63, 3.8) is 0 Å². The maximum atomic E-state index is 4.54. The smallest absolute Gasteiger partial charge is 0.191 e. The summed E-state index contributed by atoms with van der Waals surface area (Å²) in [5.41, 5.74) is 3.68. The minimum absolute atomic E-state index is 0. The summed E-state index contributed by atoms with van der Waals surface area (Å²) < 4.78 is 1.97. The van der Waals surface area contributed by atoms with E-state index >= 15 is 0 Å². The Labute approximate surface area is 202 Å². The van der Waals surface area contributed by atoms with E-state index in [0.29, 0.717) is 12.0 Å². The fourth-order valence-electron chi connectivity index (χ4n) is 4.51. The predicted molar refractivity (Wildman–Crippen MR) is 138 cm³/mol. The van der Waals surface area contributed by atoms with E-state index in [1.165, 1.54) is 35.5 Å². The molecule has 30 heavy (non-hydrogen) atoms. The molecule has 0 amide bonds. The van der Waals surface area contributed by atoms with Gasteiger partial charge in [0.1, 0.15) is 0 Å². The molecule has 0 radical (unpaired) electrons. The lowest BCUT2D eigenvalue weighted by Crippen LogP contribution is -2.47. The molecule has 0 saturated carbocycles. The summed E-state index contributed by atoms with van der Waals surface area (Å²) in [6, 6.07) is 5.22. The van der Waals surface area contributed by atoms with Gasteiger partial charge in [0.05, 0.1) is 5.69 Å². The molecule has 1 aliphatic heterocycles.